The van der Waals surface area contributed by atoms with Crippen LogP contribution < -0.4 is 0 Å². The summed E-state index contributed by atoms with van der Waals surface area (Å²) in [6.45, 7) is 13.6. The van der Waals surface area contributed by atoms with Gasteiger partial charge in [-0.1, -0.05) is 26.0 Å². The van der Waals surface area contributed by atoms with Gasteiger partial charge in [0.2, 0.25) is 5.91 Å². The maximum absolute atomic E-state index is 12.4. The van der Waals surface area contributed by atoms with Crippen LogP contribution in [0.2, 0.25) is 0 Å². The molecule has 1 saturated heterocycles. The van der Waals surface area contributed by atoms with Gasteiger partial charge in [-0.15, -0.1) is 0 Å². The fraction of sp³-hybridized carbons (Fsp3) is 0.750. The van der Waals surface area contributed by atoms with E-state index in [0.29, 0.717) is 19.6 Å². The molecule has 1 N–H and O–H groups in total. The lowest BCUT2D eigenvalue weighted by molar-refractivity contribution is -0.152. The quantitative estimate of drug-likeness (QED) is 0.761. The fourth-order valence-electron chi connectivity index (χ4n) is 3.13. The van der Waals surface area contributed by atoms with Crippen LogP contribution in [0.5, 0.6) is 0 Å². The minimum atomic E-state index is -0.838. The zero-order valence-corrected chi connectivity index (χ0v) is 13.7. The van der Waals surface area contributed by atoms with E-state index in [1.54, 1.807) is 4.90 Å². The molecule has 0 aliphatic carbocycles. The van der Waals surface area contributed by atoms with Gasteiger partial charge in [0, 0.05) is 13.1 Å². The molecular weight excluding hydrogens is 268 g/mol. The Hall–Kier alpha value is -1.36. The highest BCUT2D eigenvalue weighted by atomic mass is 16.4. The topological polar surface area (TPSA) is 60.9 Å². The van der Waals surface area contributed by atoms with Crippen LogP contribution in [0.4, 0.5) is 0 Å². The van der Waals surface area contributed by atoms with Gasteiger partial charge in [0.05, 0.1) is 6.54 Å². The third-order valence-corrected chi connectivity index (χ3v) is 4.14. The number of hydrogen-bond acceptors (Lipinski definition) is 3. The first-order chi connectivity index (χ1) is 9.69. The maximum atomic E-state index is 12.4. The predicted molar refractivity (Wildman–Crippen MR) is 83.1 cm³/mol. The number of carboxylic acids is 1. The van der Waals surface area contributed by atoms with Crippen molar-refractivity contribution in [3.63, 3.8) is 0 Å². The Labute approximate surface area is 127 Å². The van der Waals surface area contributed by atoms with E-state index >= 15 is 0 Å². The lowest BCUT2D eigenvalue weighted by Crippen LogP contribution is -2.56. The van der Waals surface area contributed by atoms with Gasteiger partial charge >= 0.3 is 5.97 Å². The molecule has 1 atom stereocenters. The molecule has 120 valence electrons. The Bertz CT molecular complexity index is 418. The zero-order valence-electron chi connectivity index (χ0n) is 13.7. The number of likely N-dealkylation sites (tertiary alicyclic amines) is 1. The summed E-state index contributed by atoms with van der Waals surface area (Å²) in [6, 6.07) is -0.598. The van der Waals surface area contributed by atoms with E-state index in [1.807, 2.05) is 32.6 Å². The summed E-state index contributed by atoms with van der Waals surface area (Å²) in [5.41, 5.74) is 0.620. The van der Waals surface area contributed by atoms with Crippen molar-refractivity contribution < 1.29 is 14.7 Å². The lowest BCUT2D eigenvalue weighted by Gasteiger charge is -2.44. The molecule has 5 nitrogen and oxygen atoms in total. The second kappa shape index (κ2) is 7.07. The Morgan fingerprint density at radius 1 is 1.43 bits per heavy atom. The molecule has 0 bridgehead atoms. The molecule has 0 aromatic rings. The first-order valence-electron chi connectivity index (χ1n) is 7.58. The molecule has 21 heavy (non-hydrogen) atoms. The number of carboxylic acid groups (broad SMARTS) is 1. The number of carbonyl (C=O) groups is 2. The lowest BCUT2D eigenvalue weighted by atomic mass is 9.76. The van der Waals surface area contributed by atoms with E-state index < -0.39 is 12.0 Å². The summed E-state index contributed by atoms with van der Waals surface area (Å²) in [5, 5.41) is 9.52. The van der Waals surface area contributed by atoms with Crippen LogP contribution in [0.1, 0.15) is 40.5 Å². The minimum absolute atomic E-state index is 0.0237. The zero-order chi connectivity index (χ0) is 16.2. The molecule has 1 fully saturated rings. The SMILES string of the molecule is C=C(C)CN(CC)C(=O)CN1CCCC(C)(C)C1C(=O)O. The summed E-state index contributed by atoms with van der Waals surface area (Å²) in [7, 11) is 0. The number of nitrogens with zero attached hydrogens (tertiary/aromatic N) is 2. The van der Waals surface area contributed by atoms with Gasteiger partial charge in [-0.3, -0.25) is 14.5 Å². The monoisotopic (exact) mass is 296 g/mol. The molecular formula is C16H28N2O3. The maximum Gasteiger partial charge on any atom is 0.321 e. The van der Waals surface area contributed by atoms with Crippen LogP contribution >= 0.6 is 0 Å². The number of aliphatic carboxylic acids is 1. The summed E-state index contributed by atoms with van der Waals surface area (Å²) >= 11 is 0. The minimum Gasteiger partial charge on any atom is -0.480 e. The van der Waals surface area contributed by atoms with Crippen molar-refractivity contribution in [3.05, 3.63) is 12.2 Å². The van der Waals surface area contributed by atoms with E-state index in [1.165, 1.54) is 0 Å². The molecule has 1 aliphatic heterocycles. The van der Waals surface area contributed by atoms with E-state index in [-0.39, 0.29) is 17.9 Å². The standard InChI is InChI=1S/C16H28N2O3/c1-6-17(10-12(2)3)13(19)11-18-9-7-8-16(4,5)14(18)15(20)21/h14H,2,6-11H2,1,3-5H3,(H,20,21). The molecule has 1 heterocycles. The van der Waals surface area contributed by atoms with Gasteiger partial charge in [-0.05, 0) is 38.6 Å². The van der Waals surface area contributed by atoms with E-state index in [2.05, 4.69) is 6.58 Å². The number of carbonyl (C=O) groups excluding carboxylic acids is 1. The van der Waals surface area contributed by atoms with Crippen molar-refractivity contribution >= 4 is 11.9 Å². The molecule has 0 saturated carbocycles. The molecule has 0 radical (unpaired) electrons. The van der Waals surface area contributed by atoms with Gasteiger partial charge in [-0.2, -0.15) is 0 Å². The number of likely N-dealkylation sites (N-methyl/N-ethyl adjacent to an activating group) is 1. The number of hydrogen-bond donors (Lipinski definition) is 1. The molecule has 1 amide bonds. The molecule has 1 aliphatic rings. The highest BCUT2D eigenvalue weighted by Gasteiger charge is 2.43. The van der Waals surface area contributed by atoms with Gasteiger partial charge in [0.15, 0.2) is 0 Å². The Morgan fingerprint density at radius 2 is 2.05 bits per heavy atom. The van der Waals surface area contributed by atoms with Crippen LogP contribution in [-0.4, -0.2) is 59.0 Å². The van der Waals surface area contributed by atoms with Crippen LogP contribution in [-0.2, 0) is 9.59 Å². The summed E-state index contributed by atoms with van der Waals surface area (Å²) in [4.78, 5) is 27.5. The highest BCUT2D eigenvalue weighted by Crippen LogP contribution is 2.35. The second-order valence-corrected chi connectivity index (χ2v) is 6.67. The van der Waals surface area contributed by atoms with Crippen molar-refractivity contribution in [3.8, 4) is 0 Å². The van der Waals surface area contributed by atoms with Crippen LogP contribution in [0.15, 0.2) is 12.2 Å². The van der Waals surface area contributed by atoms with Gasteiger partial charge in [0.25, 0.3) is 0 Å². The summed E-state index contributed by atoms with van der Waals surface area (Å²) < 4.78 is 0. The normalized spacial score (nSPS) is 21.8. The Balaban J connectivity index is 2.81. The molecule has 0 spiro atoms. The Kier molecular flexibility index (Phi) is 5.96. The average molecular weight is 296 g/mol. The third-order valence-electron chi connectivity index (χ3n) is 4.14. The van der Waals surface area contributed by atoms with Crippen molar-refractivity contribution in [1.29, 1.82) is 0 Å². The van der Waals surface area contributed by atoms with Crippen molar-refractivity contribution in [2.75, 3.05) is 26.2 Å². The fourth-order valence-corrected chi connectivity index (χ4v) is 3.13. The van der Waals surface area contributed by atoms with E-state index in [9.17, 15) is 14.7 Å². The largest absolute Gasteiger partial charge is 0.480 e. The Morgan fingerprint density at radius 3 is 2.52 bits per heavy atom. The average Bonchev–Trinajstić information content (AvgIpc) is 2.33. The van der Waals surface area contributed by atoms with E-state index in [0.717, 1.165) is 18.4 Å². The highest BCUT2D eigenvalue weighted by molar-refractivity contribution is 5.80. The van der Waals surface area contributed by atoms with Gasteiger partial charge in [-0.25, -0.2) is 0 Å². The molecule has 5 heteroatoms. The van der Waals surface area contributed by atoms with Crippen molar-refractivity contribution in [1.82, 2.24) is 9.80 Å². The first kappa shape index (κ1) is 17.7. The molecule has 1 rings (SSSR count). The predicted octanol–water partition coefficient (Wildman–Crippen LogP) is 1.99. The molecule has 0 aromatic heterocycles. The second-order valence-electron chi connectivity index (χ2n) is 6.67. The van der Waals surface area contributed by atoms with Crippen molar-refractivity contribution in [2.24, 2.45) is 5.41 Å². The van der Waals surface area contributed by atoms with Gasteiger partial charge in [0.1, 0.15) is 6.04 Å². The third kappa shape index (κ3) is 4.56. The number of piperidine rings is 1. The van der Waals surface area contributed by atoms with Crippen LogP contribution in [0, 0.1) is 5.41 Å². The number of amides is 1. The smallest absolute Gasteiger partial charge is 0.321 e. The summed E-state index contributed by atoms with van der Waals surface area (Å²) in [6.07, 6.45) is 1.80. The summed E-state index contributed by atoms with van der Waals surface area (Å²) in [5.74, 6) is -0.861. The molecule has 0 aromatic carbocycles. The van der Waals surface area contributed by atoms with Gasteiger partial charge < -0.3 is 10.0 Å². The number of rotatable bonds is 6. The van der Waals surface area contributed by atoms with Crippen LogP contribution in [0.25, 0.3) is 0 Å². The van der Waals surface area contributed by atoms with E-state index in [4.69, 9.17) is 0 Å². The van der Waals surface area contributed by atoms with Crippen LogP contribution in [0.3, 0.4) is 0 Å². The first-order valence-corrected chi connectivity index (χ1v) is 7.58. The van der Waals surface area contributed by atoms with Crippen molar-refractivity contribution in [2.45, 2.75) is 46.6 Å². The molecule has 1 unspecified atom stereocenters.